The smallest absolute Gasteiger partial charge is 0.0779 e. The van der Waals surface area contributed by atoms with Crippen LogP contribution in [0, 0.1) is 22.2 Å². The first kappa shape index (κ1) is 13.9. The molecular weight excluding hydrogens is 236 g/mol. The zero-order chi connectivity index (χ0) is 13.7. The van der Waals surface area contributed by atoms with Gasteiger partial charge in [0.15, 0.2) is 0 Å². The van der Waals surface area contributed by atoms with Gasteiger partial charge in [0.25, 0.3) is 0 Å². The van der Waals surface area contributed by atoms with Crippen molar-refractivity contribution < 1.29 is 9.84 Å². The predicted molar refractivity (Wildman–Crippen MR) is 77.0 cm³/mol. The van der Waals surface area contributed by atoms with Gasteiger partial charge in [-0.15, -0.1) is 0 Å². The van der Waals surface area contributed by atoms with Crippen LogP contribution in [-0.4, -0.2) is 24.4 Å². The number of aliphatic hydroxyl groups is 1. The van der Waals surface area contributed by atoms with Crippen molar-refractivity contribution in [1.82, 2.24) is 0 Å². The number of ether oxygens (including phenoxy) is 1. The van der Waals surface area contributed by atoms with Crippen LogP contribution >= 0.6 is 0 Å². The standard InChI is InChI=1S/C17H30O2/c1-4-19-9-14(18)8-17-7-13-5-15(2,11-17)10-16(3,6-13)12-17/h13-14,18H,4-12H2,1-3H3. The van der Waals surface area contributed by atoms with Crippen LogP contribution in [0.15, 0.2) is 0 Å². The molecule has 0 saturated heterocycles. The summed E-state index contributed by atoms with van der Waals surface area (Å²) < 4.78 is 5.41. The number of rotatable bonds is 5. The van der Waals surface area contributed by atoms with Crippen molar-refractivity contribution in [3.05, 3.63) is 0 Å². The summed E-state index contributed by atoms with van der Waals surface area (Å²) in [5.74, 6) is 0.922. The Labute approximate surface area is 117 Å². The minimum Gasteiger partial charge on any atom is -0.391 e. The highest BCUT2D eigenvalue weighted by Gasteiger charge is 2.60. The Hall–Kier alpha value is -0.0800. The van der Waals surface area contributed by atoms with Crippen molar-refractivity contribution in [3.8, 4) is 0 Å². The van der Waals surface area contributed by atoms with E-state index < -0.39 is 0 Å². The van der Waals surface area contributed by atoms with Gasteiger partial charge >= 0.3 is 0 Å². The normalized spacial score (nSPS) is 49.6. The maximum absolute atomic E-state index is 10.3. The van der Waals surface area contributed by atoms with E-state index in [1.807, 2.05) is 6.92 Å². The fourth-order valence-corrected chi connectivity index (χ4v) is 6.72. The summed E-state index contributed by atoms with van der Waals surface area (Å²) in [5.41, 5.74) is 1.53. The quantitative estimate of drug-likeness (QED) is 0.821. The second-order valence-corrected chi connectivity index (χ2v) is 8.65. The van der Waals surface area contributed by atoms with Gasteiger partial charge in [0, 0.05) is 6.61 Å². The molecule has 4 fully saturated rings. The number of hydrogen-bond acceptors (Lipinski definition) is 2. The fraction of sp³-hybridized carbons (Fsp3) is 1.00. The monoisotopic (exact) mass is 266 g/mol. The molecule has 4 aliphatic carbocycles. The van der Waals surface area contributed by atoms with Crippen molar-refractivity contribution in [3.63, 3.8) is 0 Å². The lowest BCUT2D eigenvalue weighted by Gasteiger charge is -2.66. The van der Waals surface area contributed by atoms with E-state index in [-0.39, 0.29) is 6.10 Å². The molecule has 4 bridgehead atoms. The number of hydrogen-bond donors (Lipinski definition) is 1. The van der Waals surface area contributed by atoms with Crippen LogP contribution in [-0.2, 0) is 4.74 Å². The van der Waals surface area contributed by atoms with Crippen molar-refractivity contribution >= 4 is 0 Å². The molecule has 3 unspecified atom stereocenters. The van der Waals surface area contributed by atoms with E-state index in [2.05, 4.69) is 13.8 Å². The molecule has 4 saturated carbocycles. The van der Waals surface area contributed by atoms with E-state index in [9.17, 15) is 5.11 Å². The second kappa shape index (κ2) is 4.46. The van der Waals surface area contributed by atoms with Gasteiger partial charge < -0.3 is 9.84 Å². The molecule has 4 aliphatic rings. The van der Waals surface area contributed by atoms with Gasteiger partial charge in [-0.25, -0.2) is 0 Å². The minimum atomic E-state index is -0.261. The molecule has 0 aromatic carbocycles. The van der Waals surface area contributed by atoms with Crippen LogP contribution < -0.4 is 0 Å². The van der Waals surface area contributed by atoms with E-state index in [1.54, 1.807) is 0 Å². The topological polar surface area (TPSA) is 29.5 Å². The molecular formula is C17H30O2. The molecule has 1 N–H and O–H groups in total. The Morgan fingerprint density at radius 3 is 2.26 bits per heavy atom. The molecule has 0 aromatic heterocycles. The maximum atomic E-state index is 10.3. The van der Waals surface area contributed by atoms with Gasteiger partial charge in [-0.2, -0.15) is 0 Å². The van der Waals surface area contributed by atoms with Crippen LogP contribution in [0.3, 0.4) is 0 Å². The Kier molecular flexibility index (Phi) is 3.26. The van der Waals surface area contributed by atoms with Crippen molar-refractivity contribution in [2.24, 2.45) is 22.2 Å². The van der Waals surface area contributed by atoms with Gasteiger partial charge in [-0.3, -0.25) is 0 Å². The Morgan fingerprint density at radius 2 is 1.74 bits per heavy atom. The molecule has 0 radical (unpaired) electrons. The molecule has 0 aromatic rings. The van der Waals surface area contributed by atoms with Gasteiger partial charge in [0.1, 0.15) is 0 Å². The van der Waals surface area contributed by atoms with Crippen molar-refractivity contribution in [2.75, 3.05) is 13.2 Å². The van der Waals surface area contributed by atoms with E-state index in [0.29, 0.717) is 29.5 Å². The molecule has 3 atom stereocenters. The summed E-state index contributed by atoms with van der Waals surface area (Å²) in [5, 5.41) is 10.3. The summed E-state index contributed by atoms with van der Waals surface area (Å²) in [6.07, 6.45) is 9.04. The molecule has 0 amide bonds. The summed E-state index contributed by atoms with van der Waals surface area (Å²) in [4.78, 5) is 0. The molecule has 2 heteroatoms. The summed E-state index contributed by atoms with van der Waals surface area (Å²) in [6, 6.07) is 0. The molecule has 2 nitrogen and oxygen atoms in total. The van der Waals surface area contributed by atoms with Crippen molar-refractivity contribution in [2.45, 2.75) is 71.8 Å². The second-order valence-electron chi connectivity index (χ2n) is 8.65. The first-order valence-electron chi connectivity index (χ1n) is 8.12. The van der Waals surface area contributed by atoms with Crippen LogP contribution in [0.4, 0.5) is 0 Å². The first-order valence-corrected chi connectivity index (χ1v) is 8.12. The molecule has 0 aliphatic heterocycles. The number of aliphatic hydroxyl groups excluding tert-OH is 1. The lowest BCUT2D eigenvalue weighted by atomic mass is 9.39. The summed E-state index contributed by atoms with van der Waals surface area (Å²) in [6.45, 7) is 8.23. The van der Waals surface area contributed by atoms with E-state index >= 15 is 0 Å². The lowest BCUT2D eigenvalue weighted by molar-refractivity contribution is -0.159. The third kappa shape index (κ3) is 2.58. The third-order valence-corrected chi connectivity index (χ3v) is 5.92. The Bertz CT molecular complexity index is 333. The largest absolute Gasteiger partial charge is 0.391 e. The lowest BCUT2D eigenvalue weighted by Crippen LogP contribution is -2.55. The fourth-order valence-electron chi connectivity index (χ4n) is 6.72. The molecule has 19 heavy (non-hydrogen) atoms. The Balaban J connectivity index is 1.73. The average molecular weight is 266 g/mol. The highest BCUT2D eigenvalue weighted by atomic mass is 16.5. The zero-order valence-corrected chi connectivity index (χ0v) is 12.9. The highest BCUT2D eigenvalue weighted by molar-refractivity contribution is 5.10. The van der Waals surface area contributed by atoms with Crippen LogP contribution in [0.25, 0.3) is 0 Å². The minimum absolute atomic E-state index is 0.261. The van der Waals surface area contributed by atoms with E-state index in [4.69, 9.17) is 4.74 Å². The third-order valence-electron chi connectivity index (χ3n) is 5.92. The van der Waals surface area contributed by atoms with Crippen LogP contribution in [0.5, 0.6) is 0 Å². The molecule has 4 rings (SSSR count). The Morgan fingerprint density at radius 1 is 1.11 bits per heavy atom. The van der Waals surface area contributed by atoms with Crippen molar-refractivity contribution in [1.29, 1.82) is 0 Å². The van der Waals surface area contributed by atoms with Crippen LogP contribution in [0.2, 0.25) is 0 Å². The van der Waals surface area contributed by atoms with Gasteiger partial charge in [-0.05, 0) is 74.0 Å². The highest BCUT2D eigenvalue weighted by Crippen LogP contribution is 2.70. The van der Waals surface area contributed by atoms with E-state index in [1.165, 1.54) is 38.5 Å². The first-order chi connectivity index (χ1) is 8.86. The summed E-state index contributed by atoms with van der Waals surface area (Å²) in [7, 11) is 0. The maximum Gasteiger partial charge on any atom is 0.0779 e. The van der Waals surface area contributed by atoms with E-state index in [0.717, 1.165) is 12.3 Å². The predicted octanol–water partition coefficient (Wildman–Crippen LogP) is 3.77. The van der Waals surface area contributed by atoms with Gasteiger partial charge in [0.2, 0.25) is 0 Å². The zero-order valence-electron chi connectivity index (χ0n) is 12.9. The molecule has 0 heterocycles. The average Bonchev–Trinajstić information content (AvgIpc) is 2.20. The SMILES string of the molecule is CCOCC(O)CC12CC3CC(C)(CC(C)(C3)C1)C2. The summed E-state index contributed by atoms with van der Waals surface area (Å²) >= 11 is 0. The van der Waals surface area contributed by atoms with Gasteiger partial charge in [0.05, 0.1) is 12.7 Å². The molecule has 0 spiro atoms. The van der Waals surface area contributed by atoms with Gasteiger partial charge in [-0.1, -0.05) is 13.8 Å². The van der Waals surface area contributed by atoms with Crippen LogP contribution in [0.1, 0.15) is 65.7 Å². The molecule has 110 valence electrons.